The van der Waals surface area contributed by atoms with Crippen LogP contribution in [0.2, 0.25) is 0 Å². The van der Waals surface area contributed by atoms with Gasteiger partial charge in [0.2, 0.25) is 0 Å². The topological polar surface area (TPSA) is 32.8 Å². The van der Waals surface area contributed by atoms with Crippen molar-refractivity contribution in [1.29, 1.82) is 0 Å². The highest BCUT2D eigenvalue weighted by atomic mass is 79.9. The van der Waals surface area contributed by atoms with Crippen molar-refractivity contribution < 1.29 is 9.53 Å². The first-order valence-corrected chi connectivity index (χ1v) is 8.73. The van der Waals surface area contributed by atoms with Gasteiger partial charge in [-0.1, -0.05) is 35.0 Å². The summed E-state index contributed by atoms with van der Waals surface area (Å²) in [7, 11) is 0. The van der Waals surface area contributed by atoms with Crippen LogP contribution in [0, 0.1) is 0 Å². The number of carbonyl (C=O) groups is 1. The van der Waals surface area contributed by atoms with Crippen molar-refractivity contribution in [1.82, 2.24) is 9.80 Å². The Labute approximate surface area is 141 Å². The van der Waals surface area contributed by atoms with Gasteiger partial charge < -0.3 is 9.64 Å². The summed E-state index contributed by atoms with van der Waals surface area (Å²) >= 11 is 3.51. The van der Waals surface area contributed by atoms with E-state index in [1.54, 1.807) is 0 Å². The molecule has 0 spiro atoms. The molecule has 0 N–H and O–H groups in total. The first-order valence-electron chi connectivity index (χ1n) is 7.93. The Morgan fingerprint density at radius 2 is 2.23 bits per heavy atom. The molecular weight excluding hydrogens is 344 g/mol. The van der Waals surface area contributed by atoms with Gasteiger partial charge in [-0.05, 0) is 38.0 Å². The molecule has 1 aromatic carbocycles. The lowest BCUT2D eigenvalue weighted by Crippen LogP contribution is -2.54. The van der Waals surface area contributed by atoms with Crippen LogP contribution in [-0.4, -0.2) is 47.7 Å². The summed E-state index contributed by atoms with van der Waals surface area (Å²) in [5.74, 6) is 0. The minimum Gasteiger partial charge on any atom is -0.446 e. The predicted molar refractivity (Wildman–Crippen MR) is 91.8 cm³/mol. The van der Waals surface area contributed by atoms with Gasteiger partial charge in [0.25, 0.3) is 0 Å². The zero-order valence-electron chi connectivity index (χ0n) is 13.6. The van der Waals surface area contributed by atoms with Gasteiger partial charge in [-0.2, -0.15) is 0 Å². The van der Waals surface area contributed by atoms with E-state index in [0.717, 1.165) is 37.1 Å². The standard InChI is InChI=1S/C17H25BrN2O2/c1-4-14(3)22-17(21)20-9-8-19(11-13(20)2)12-15-6-5-7-16(18)10-15/h5-7,10,13-14H,4,8-9,11-12H2,1-3H3/t13-,14?/m0/s1. The van der Waals surface area contributed by atoms with Crippen molar-refractivity contribution in [2.45, 2.75) is 45.9 Å². The molecule has 1 aliphatic rings. The molecule has 2 rings (SSSR count). The molecule has 1 amide bonds. The van der Waals surface area contributed by atoms with E-state index in [-0.39, 0.29) is 18.2 Å². The third kappa shape index (κ3) is 4.71. The fourth-order valence-electron chi connectivity index (χ4n) is 2.66. The van der Waals surface area contributed by atoms with E-state index in [9.17, 15) is 4.79 Å². The van der Waals surface area contributed by atoms with Crippen LogP contribution in [0.1, 0.15) is 32.8 Å². The van der Waals surface area contributed by atoms with E-state index < -0.39 is 0 Å². The monoisotopic (exact) mass is 368 g/mol. The quantitative estimate of drug-likeness (QED) is 0.807. The molecule has 0 saturated carbocycles. The molecule has 1 saturated heterocycles. The van der Waals surface area contributed by atoms with E-state index in [1.807, 2.05) is 24.8 Å². The zero-order chi connectivity index (χ0) is 16.1. The number of rotatable bonds is 4. The second-order valence-electron chi connectivity index (χ2n) is 6.01. The Hall–Kier alpha value is -1.07. The molecule has 0 aliphatic carbocycles. The summed E-state index contributed by atoms with van der Waals surface area (Å²) in [6, 6.07) is 8.56. The van der Waals surface area contributed by atoms with Gasteiger partial charge in [0.15, 0.2) is 0 Å². The van der Waals surface area contributed by atoms with Crippen LogP contribution in [0.25, 0.3) is 0 Å². The van der Waals surface area contributed by atoms with Gasteiger partial charge in [0, 0.05) is 36.7 Å². The first kappa shape index (κ1) is 17.3. The third-order valence-corrected chi connectivity index (χ3v) is 4.61. The summed E-state index contributed by atoms with van der Waals surface area (Å²) in [5, 5.41) is 0. The van der Waals surface area contributed by atoms with Crippen LogP contribution in [0.15, 0.2) is 28.7 Å². The summed E-state index contributed by atoms with van der Waals surface area (Å²) in [6.07, 6.45) is 0.659. The zero-order valence-corrected chi connectivity index (χ0v) is 15.2. The molecule has 1 aromatic rings. The maximum Gasteiger partial charge on any atom is 0.410 e. The van der Waals surface area contributed by atoms with Crippen LogP contribution in [0.5, 0.6) is 0 Å². The number of halogens is 1. The first-order chi connectivity index (χ1) is 10.5. The summed E-state index contributed by atoms with van der Waals surface area (Å²) in [5.41, 5.74) is 1.29. The lowest BCUT2D eigenvalue weighted by molar-refractivity contribution is 0.0300. The number of carbonyl (C=O) groups excluding carboxylic acids is 1. The molecule has 0 radical (unpaired) electrons. The van der Waals surface area contributed by atoms with E-state index in [0.29, 0.717) is 0 Å². The molecule has 1 heterocycles. The van der Waals surface area contributed by atoms with Crippen LogP contribution in [0.4, 0.5) is 4.79 Å². The lowest BCUT2D eigenvalue weighted by atomic mass is 10.1. The smallest absolute Gasteiger partial charge is 0.410 e. The molecule has 1 unspecified atom stereocenters. The average Bonchev–Trinajstić information content (AvgIpc) is 2.47. The van der Waals surface area contributed by atoms with Crippen molar-refractivity contribution in [2.24, 2.45) is 0 Å². The fourth-order valence-corrected chi connectivity index (χ4v) is 3.11. The van der Waals surface area contributed by atoms with Gasteiger partial charge in [-0.25, -0.2) is 4.79 Å². The highest BCUT2D eigenvalue weighted by molar-refractivity contribution is 9.10. The van der Waals surface area contributed by atoms with Crippen molar-refractivity contribution in [2.75, 3.05) is 19.6 Å². The van der Waals surface area contributed by atoms with Gasteiger partial charge in [-0.3, -0.25) is 4.90 Å². The Balaban J connectivity index is 1.88. The molecule has 0 bridgehead atoms. The molecule has 0 aromatic heterocycles. The third-order valence-electron chi connectivity index (χ3n) is 4.12. The van der Waals surface area contributed by atoms with Crippen LogP contribution < -0.4 is 0 Å². The average molecular weight is 369 g/mol. The second-order valence-corrected chi connectivity index (χ2v) is 6.93. The number of hydrogen-bond donors (Lipinski definition) is 0. The van der Waals surface area contributed by atoms with Gasteiger partial charge in [-0.15, -0.1) is 0 Å². The molecule has 1 fully saturated rings. The second kappa shape index (κ2) is 7.97. The maximum atomic E-state index is 12.2. The molecule has 2 atom stereocenters. The van der Waals surface area contributed by atoms with Crippen LogP contribution in [-0.2, 0) is 11.3 Å². The number of ether oxygens (including phenoxy) is 1. The Kier molecular flexibility index (Phi) is 6.26. The van der Waals surface area contributed by atoms with Crippen molar-refractivity contribution in [3.05, 3.63) is 34.3 Å². The SMILES string of the molecule is CCC(C)OC(=O)N1CCN(Cc2cccc(Br)c2)C[C@@H]1C. The molecule has 4 nitrogen and oxygen atoms in total. The molecular formula is C17H25BrN2O2. The van der Waals surface area contributed by atoms with Crippen LogP contribution in [0.3, 0.4) is 0 Å². The number of benzene rings is 1. The normalized spacial score (nSPS) is 20.7. The summed E-state index contributed by atoms with van der Waals surface area (Å²) in [4.78, 5) is 16.4. The highest BCUT2D eigenvalue weighted by Gasteiger charge is 2.29. The maximum absolute atomic E-state index is 12.2. The highest BCUT2D eigenvalue weighted by Crippen LogP contribution is 2.17. The van der Waals surface area contributed by atoms with E-state index in [4.69, 9.17) is 4.74 Å². The molecule has 22 heavy (non-hydrogen) atoms. The molecule has 1 aliphatic heterocycles. The number of amides is 1. The predicted octanol–water partition coefficient (Wildman–Crippen LogP) is 3.89. The van der Waals surface area contributed by atoms with Crippen molar-refractivity contribution in [3.63, 3.8) is 0 Å². The molecule has 5 heteroatoms. The van der Waals surface area contributed by atoms with Crippen LogP contribution >= 0.6 is 15.9 Å². The van der Waals surface area contributed by atoms with E-state index in [1.165, 1.54) is 5.56 Å². The minimum absolute atomic E-state index is 0.0144. The number of piperazine rings is 1. The van der Waals surface area contributed by atoms with E-state index in [2.05, 4.69) is 46.0 Å². The lowest BCUT2D eigenvalue weighted by Gasteiger charge is -2.39. The largest absolute Gasteiger partial charge is 0.446 e. The van der Waals surface area contributed by atoms with Crippen molar-refractivity contribution in [3.8, 4) is 0 Å². The van der Waals surface area contributed by atoms with Crippen molar-refractivity contribution >= 4 is 22.0 Å². The Morgan fingerprint density at radius 3 is 2.86 bits per heavy atom. The van der Waals surface area contributed by atoms with Gasteiger partial charge >= 0.3 is 6.09 Å². The number of nitrogens with zero attached hydrogens (tertiary/aromatic N) is 2. The van der Waals surface area contributed by atoms with Gasteiger partial charge in [0.05, 0.1) is 0 Å². The van der Waals surface area contributed by atoms with E-state index >= 15 is 0 Å². The van der Waals surface area contributed by atoms with Gasteiger partial charge in [0.1, 0.15) is 6.10 Å². The minimum atomic E-state index is -0.177. The molecule has 122 valence electrons. The summed E-state index contributed by atoms with van der Waals surface area (Å²) in [6.45, 7) is 9.45. The summed E-state index contributed by atoms with van der Waals surface area (Å²) < 4.78 is 6.55. The Bertz CT molecular complexity index is 509. The fraction of sp³-hybridized carbons (Fsp3) is 0.588. The Morgan fingerprint density at radius 1 is 1.45 bits per heavy atom. The number of hydrogen-bond acceptors (Lipinski definition) is 3.